The Morgan fingerprint density at radius 1 is 1.00 bits per heavy atom. The van der Waals surface area contributed by atoms with E-state index in [9.17, 15) is 24.9 Å². The zero-order valence-corrected chi connectivity index (χ0v) is 16.1. The van der Waals surface area contributed by atoms with Gasteiger partial charge in [0.1, 0.15) is 0 Å². The van der Waals surface area contributed by atoms with E-state index in [1.807, 2.05) is 0 Å². The van der Waals surface area contributed by atoms with Crippen LogP contribution in [-0.4, -0.2) is 27.2 Å². The van der Waals surface area contributed by atoms with Crippen molar-refractivity contribution in [1.82, 2.24) is 0 Å². The van der Waals surface area contributed by atoms with Gasteiger partial charge in [-0.3, -0.25) is 9.59 Å². The minimum Gasteiger partial charge on any atom is -0.481 e. The van der Waals surface area contributed by atoms with E-state index in [0.29, 0.717) is 40.0 Å². The lowest BCUT2D eigenvalue weighted by atomic mass is 9.91. The third-order valence-corrected chi connectivity index (χ3v) is 6.39. The van der Waals surface area contributed by atoms with Crippen molar-refractivity contribution in [2.75, 3.05) is 0 Å². The number of carbonyl (C=O) groups is 2. The fourth-order valence-electron chi connectivity index (χ4n) is 3.63. The highest BCUT2D eigenvalue weighted by molar-refractivity contribution is 7.14. The Labute approximate surface area is 170 Å². The molecule has 1 amide bonds. The van der Waals surface area contributed by atoms with Crippen molar-refractivity contribution in [2.45, 2.75) is 24.5 Å². The second-order valence-corrected chi connectivity index (χ2v) is 8.08. The molecule has 0 radical (unpaired) electrons. The first-order chi connectivity index (χ1) is 13.8. The first-order valence-corrected chi connectivity index (χ1v) is 9.93. The molecule has 0 spiro atoms. The highest BCUT2D eigenvalue weighted by Gasteiger charge is 2.51. The van der Waals surface area contributed by atoms with Crippen LogP contribution in [0.4, 0.5) is 0 Å². The number of aliphatic hydroxyl groups is 2. The largest absolute Gasteiger partial charge is 0.481 e. The van der Waals surface area contributed by atoms with Crippen molar-refractivity contribution < 1.29 is 24.9 Å². The second-order valence-electron chi connectivity index (χ2n) is 7.17. The molecule has 3 aromatic rings. The Kier molecular flexibility index (Phi) is 4.74. The second kappa shape index (κ2) is 7.11. The van der Waals surface area contributed by atoms with Crippen LogP contribution < -0.4 is 5.73 Å². The highest BCUT2D eigenvalue weighted by atomic mass is 32.1. The van der Waals surface area contributed by atoms with Crippen LogP contribution in [0.5, 0.6) is 0 Å². The van der Waals surface area contributed by atoms with Gasteiger partial charge in [-0.05, 0) is 52.6 Å². The standard InChI is InChI=1S/C22H19NO5S/c23-19(24)16-7-10-29-18(16)13-3-6-15(17(11-13)20(25)26)12-1-4-14(5-2-12)22(8-9-22)21(27)28/h1-7,10-11,20,25-26H,8-9H2,(H2,23,24)(H,27,28). The van der Waals surface area contributed by atoms with Crippen LogP contribution in [0.1, 0.15) is 40.6 Å². The Morgan fingerprint density at radius 2 is 1.66 bits per heavy atom. The normalized spacial score (nSPS) is 14.7. The molecule has 1 saturated carbocycles. The molecule has 29 heavy (non-hydrogen) atoms. The Bertz CT molecular complexity index is 1100. The summed E-state index contributed by atoms with van der Waals surface area (Å²) in [5.41, 5.74) is 8.08. The number of aliphatic carboxylic acids is 1. The van der Waals surface area contributed by atoms with E-state index in [2.05, 4.69) is 0 Å². The molecule has 148 valence electrons. The van der Waals surface area contributed by atoms with Gasteiger partial charge in [-0.1, -0.05) is 36.4 Å². The third kappa shape index (κ3) is 3.33. The maximum absolute atomic E-state index is 11.6. The number of carboxylic acid groups (broad SMARTS) is 1. The number of nitrogens with two attached hydrogens (primary N) is 1. The molecule has 0 saturated heterocycles. The smallest absolute Gasteiger partial charge is 0.314 e. The zero-order chi connectivity index (χ0) is 20.8. The molecule has 2 aromatic carbocycles. The van der Waals surface area contributed by atoms with Crippen LogP contribution in [0.15, 0.2) is 53.9 Å². The quantitative estimate of drug-likeness (QED) is 0.466. The van der Waals surface area contributed by atoms with Crippen LogP contribution in [0.3, 0.4) is 0 Å². The van der Waals surface area contributed by atoms with Crippen molar-refractivity contribution in [2.24, 2.45) is 5.73 Å². The molecule has 5 N–H and O–H groups in total. The summed E-state index contributed by atoms with van der Waals surface area (Å²) in [4.78, 5) is 23.8. The van der Waals surface area contributed by atoms with E-state index in [1.54, 1.807) is 53.9 Å². The summed E-state index contributed by atoms with van der Waals surface area (Å²) < 4.78 is 0. The van der Waals surface area contributed by atoms with Gasteiger partial charge in [0.05, 0.1) is 11.0 Å². The van der Waals surface area contributed by atoms with Crippen molar-refractivity contribution in [3.63, 3.8) is 0 Å². The van der Waals surface area contributed by atoms with Gasteiger partial charge in [0, 0.05) is 10.4 Å². The highest BCUT2D eigenvalue weighted by Crippen LogP contribution is 2.48. The van der Waals surface area contributed by atoms with E-state index < -0.39 is 23.6 Å². The summed E-state index contributed by atoms with van der Waals surface area (Å²) in [7, 11) is 0. The summed E-state index contributed by atoms with van der Waals surface area (Å²) in [5.74, 6) is -1.36. The minimum absolute atomic E-state index is 0.290. The number of hydrogen-bond donors (Lipinski definition) is 4. The number of carboxylic acids is 1. The number of carbonyl (C=O) groups excluding carboxylic acids is 1. The van der Waals surface area contributed by atoms with Gasteiger partial charge in [0.15, 0.2) is 6.29 Å². The average Bonchev–Trinajstić information content (AvgIpc) is 3.37. The van der Waals surface area contributed by atoms with Crippen LogP contribution in [0.25, 0.3) is 21.6 Å². The number of benzene rings is 2. The molecule has 0 unspecified atom stereocenters. The third-order valence-electron chi connectivity index (χ3n) is 5.43. The minimum atomic E-state index is -1.71. The molecule has 0 bridgehead atoms. The van der Waals surface area contributed by atoms with Gasteiger partial charge in [0.25, 0.3) is 0 Å². The van der Waals surface area contributed by atoms with Gasteiger partial charge >= 0.3 is 5.97 Å². The Hall–Kier alpha value is -3.00. The van der Waals surface area contributed by atoms with E-state index in [0.717, 1.165) is 11.1 Å². The number of hydrogen-bond acceptors (Lipinski definition) is 5. The molecule has 6 nitrogen and oxygen atoms in total. The van der Waals surface area contributed by atoms with Crippen LogP contribution in [-0.2, 0) is 10.2 Å². The Morgan fingerprint density at radius 3 is 2.21 bits per heavy atom. The summed E-state index contributed by atoms with van der Waals surface area (Å²) in [6.07, 6.45) is -0.463. The summed E-state index contributed by atoms with van der Waals surface area (Å²) in [5, 5.41) is 31.0. The zero-order valence-electron chi connectivity index (χ0n) is 15.3. The Balaban J connectivity index is 1.74. The number of primary amides is 1. The lowest BCUT2D eigenvalue weighted by molar-refractivity contribution is -0.140. The fourth-order valence-corrected chi connectivity index (χ4v) is 4.53. The van der Waals surface area contributed by atoms with E-state index in [-0.39, 0.29) is 0 Å². The molecular weight excluding hydrogens is 390 g/mol. The van der Waals surface area contributed by atoms with E-state index in [4.69, 9.17) is 5.73 Å². The number of rotatable bonds is 6. The lowest BCUT2D eigenvalue weighted by Gasteiger charge is -2.15. The van der Waals surface area contributed by atoms with Crippen molar-refractivity contribution in [1.29, 1.82) is 0 Å². The number of aliphatic hydroxyl groups excluding tert-OH is 1. The van der Waals surface area contributed by atoms with E-state index in [1.165, 1.54) is 11.3 Å². The molecule has 1 aliphatic carbocycles. The molecular formula is C22H19NO5S. The predicted molar refractivity (Wildman–Crippen MR) is 109 cm³/mol. The molecule has 1 aliphatic rings. The molecule has 7 heteroatoms. The summed E-state index contributed by atoms with van der Waals surface area (Å²) in [6.45, 7) is 0. The monoisotopic (exact) mass is 409 g/mol. The SMILES string of the molecule is NC(=O)c1ccsc1-c1ccc(-c2ccc(C3(C(=O)O)CC3)cc2)c(C(O)O)c1. The first kappa shape index (κ1) is 19.3. The molecule has 1 heterocycles. The van der Waals surface area contributed by atoms with Crippen LogP contribution >= 0.6 is 11.3 Å². The summed E-state index contributed by atoms with van der Waals surface area (Å²) >= 11 is 1.35. The molecule has 0 aliphatic heterocycles. The van der Waals surface area contributed by atoms with Gasteiger partial charge in [-0.2, -0.15) is 0 Å². The van der Waals surface area contributed by atoms with Gasteiger partial charge in [0.2, 0.25) is 5.91 Å². The molecule has 1 fully saturated rings. The average molecular weight is 409 g/mol. The van der Waals surface area contributed by atoms with E-state index >= 15 is 0 Å². The predicted octanol–water partition coefficient (Wildman–Crippen LogP) is 3.28. The topological polar surface area (TPSA) is 121 Å². The molecule has 4 rings (SSSR count). The maximum Gasteiger partial charge on any atom is 0.314 e. The lowest BCUT2D eigenvalue weighted by Crippen LogP contribution is -2.19. The van der Waals surface area contributed by atoms with Crippen molar-refractivity contribution in [3.8, 4) is 21.6 Å². The maximum atomic E-state index is 11.6. The number of thiophene rings is 1. The molecule has 0 atom stereocenters. The van der Waals surface area contributed by atoms with Crippen molar-refractivity contribution in [3.05, 3.63) is 70.6 Å². The van der Waals surface area contributed by atoms with Crippen molar-refractivity contribution >= 4 is 23.2 Å². The summed E-state index contributed by atoms with van der Waals surface area (Å²) in [6, 6.07) is 14.0. The van der Waals surface area contributed by atoms with Gasteiger partial charge < -0.3 is 21.1 Å². The number of amides is 1. The van der Waals surface area contributed by atoms with Crippen LogP contribution in [0, 0.1) is 0 Å². The van der Waals surface area contributed by atoms with Crippen LogP contribution in [0.2, 0.25) is 0 Å². The first-order valence-electron chi connectivity index (χ1n) is 9.05. The molecule has 1 aromatic heterocycles. The van der Waals surface area contributed by atoms with Gasteiger partial charge in [-0.25, -0.2) is 0 Å². The van der Waals surface area contributed by atoms with Gasteiger partial charge in [-0.15, -0.1) is 11.3 Å². The fraction of sp³-hybridized carbons (Fsp3) is 0.182.